The Morgan fingerprint density at radius 2 is 1.30 bits per heavy atom. The monoisotopic (exact) mass is 420 g/mol. The Bertz CT molecular complexity index is 407. The summed E-state index contributed by atoms with van der Waals surface area (Å²) in [5.41, 5.74) is 0. The molecule has 0 aromatic carbocycles. The van der Waals surface area contributed by atoms with Crippen molar-refractivity contribution in [2.45, 2.75) is 77.6 Å². The Labute approximate surface area is 209 Å². The molecule has 0 radical (unpaired) electrons. The Morgan fingerprint density at radius 3 is 1.81 bits per heavy atom. The van der Waals surface area contributed by atoms with Crippen LogP contribution >= 0.6 is 7.60 Å². The van der Waals surface area contributed by atoms with Crippen molar-refractivity contribution in [2.75, 3.05) is 19.3 Å². The molecule has 0 fully saturated rings. The summed E-state index contributed by atoms with van der Waals surface area (Å²) < 4.78 is 10.5. The summed E-state index contributed by atoms with van der Waals surface area (Å²) in [4.78, 5) is 32.4. The third-order valence-electron chi connectivity index (χ3n) is 3.87. The second-order valence-corrected chi connectivity index (χ2v) is 8.06. The molecule has 2 amide bonds. The number of allylic oxidation sites excluding steroid dienone is 2. The van der Waals surface area contributed by atoms with E-state index in [-0.39, 0.29) is 71.3 Å². The number of carbonyl (C=O) groups excluding carboxylic acids is 1. The maximum Gasteiger partial charge on any atom is 1.00 e. The van der Waals surface area contributed by atoms with E-state index in [1.54, 1.807) is 0 Å². The minimum atomic E-state index is -4.30. The molecule has 0 heterocycles. The molecule has 6 nitrogen and oxygen atoms in total. The van der Waals surface area contributed by atoms with Crippen molar-refractivity contribution < 1.29 is 78.3 Å². The van der Waals surface area contributed by atoms with E-state index in [4.69, 9.17) is 0 Å². The van der Waals surface area contributed by atoms with Gasteiger partial charge in [-0.05, 0) is 51.1 Å². The maximum absolute atomic E-state index is 11.5. The zero-order valence-electron chi connectivity index (χ0n) is 17.6. The molecule has 0 spiro atoms. The van der Waals surface area contributed by atoms with Crippen LogP contribution in [0, 0.1) is 0 Å². The molecule has 0 bridgehead atoms. The summed E-state index contributed by atoms with van der Waals surface area (Å²) in [5, 5.41) is 5.71. The predicted molar refractivity (Wildman–Crippen MR) is 99.5 cm³/mol. The molecule has 0 saturated heterocycles. The van der Waals surface area contributed by atoms with Gasteiger partial charge in [-0.15, -0.1) is 0 Å². The van der Waals surface area contributed by atoms with Gasteiger partial charge >= 0.3 is 65.1 Å². The van der Waals surface area contributed by atoms with Crippen molar-refractivity contribution >= 4 is 13.6 Å². The molecule has 0 aromatic rings. The second-order valence-electron chi connectivity index (χ2n) is 6.39. The second kappa shape index (κ2) is 23.4. The number of urea groups is 1. The van der Waals surface area contributed by atoms with Crippen LogP contribution in [0.2, 0.25) is 0 Å². The molecule has 9 heteroatoms. The van der Waals surface area contributed by atoms with Crippen LogP contribution in [-0.4, -0.2) is 25.3 Å². The number of nitrogens with one attached hydrogen (secondary N) is 2. The minimum Gasteiger partial charge on any atom is -0.811 e. The number of amides is 2. The quantitative estimate of drug-likeness (QED) is 0.121. The zero-order chi connectivity index (χ0) is 18.8. The van der Waals surface area contributed by atoms with Gasteiger partial charge in [-0.3, -0.25) is 0 Å². The van der Waals surface area contributed by atoms with E-state index in [0.717, 1.165) is 70.8 Å². The van der Waals surface area contributed by atoms with E-state index in [2.05, 4.69) is 29.7 Å². The van der Waals surface area contributed by atoms with Gasteiger partial charge in [-0.1, -0.05) is 52.4 Å². The molecule has 0 aliphatic carbocycles. The molecule has 0 aliphatic heterocycles. The van der Waals surface area contributed by atoms with E-state index < -0.39 is 7.60 Å². The minimum absolute atomic E-state index is 0. The van der Waals surface area contributed by atoms with Gasteiger partial charge in [0.15, 0.2) is 0 Å². The Balaban J connectivity index is -0.00000288. The SMILES string of the molecule is CCCCCNC(=O)NCCCC/C=C\CCCCCCP(=O)([O-])[O-].[Na+].[Na+]. The van der Waals surface area contributed by atoms with E-state index in [1.165, 1.54) is 0 Å². The van der Waals surface area contributed by atoms with Crippen LogP contribution in [0.25, 0.3) is 0 Å². The van der Waals surface area contributed by atoms with Crippen molar-refractivity contribution in [1.82, 2.24) is 10.6 Å². The van der Waals surface area contributed by atoms with Gasteiger partial charge in [0.05, 0.1) is 0 Å². The number of carbonyl (C=O) groups is 1. The number of rotatable bonds is 16. The third-order valence-corrected chi connectivity index (χ3v) is 4.73. The molecule has 2 N–H and O–H groups in total. The van der Waals surface area contributed by atoms with Crippen LogP contribution in [0.15, 0.2) is 12.2 Å². The van der Waals surface area contributed by atoms with Crippen molar-refractivity contribution in [3.8, 4) is 0 Å². The molecule has 148 valence electrons. The topological polar surface area (TPSA) is 104 Å². The Hall–Kier alpha value is 1.16. The van der Waals surface area contributed by atoms with Crippen LogP contribution in [0.3, 0.4) is 0 Å². The molecule has 0 atom stereocenters. The van der Waals surface area contributed by atoms with Crippen LogP contribution in [0.5, 0.6) is 0 Å². The average molecular weight is 420 g/mol. The fourth-order valence-electron chi connectivity index (χ4n) is 2.39. The largest absolute Gasteiger partial charge is 1.00 e. The van der Waals surface area contributed by atoms with Crippen LogP contribution in [-0.2, 0) is 4.57 Å². The molecule has 0 aliphatic rings. The first kappa shape index (κ1) is 32.8. The molecule has 0 rings (SSSR count). The summed E-state index contributed by atoms with van der Waals surface area (Å²) in [6.07, 6.45) is 14.7. The summed E-state index contributed by atoms with van der Waals surface area (Å²) in [5.74, 6) is 0. The molecular weight excluding hydrogens is 385 g/mol. The molecule has 0 aromatic heterocycles. The van der Waals surface area contributed by atoms with Gasteiger partial charge in [0.2, 0.25) is 0 Å². The van der Waals surface area contributed by atoms with Crippen molar-refractivity contribution in [1.29, 1.82) is 0 Å². The first-order chi connectivity index (χ1) is 12.0. The third kappa shape index (κ3) is 29.5. The van der Waals surface area contributed by atoms with Crippen LogP contribution in [0.1, 0.15) is 77.6 Å². The average Bonchev–Trinajstić information content (AvgIpc) is 2.55. The number of hydrogen-bond donors (Lipinski definition) is 2. The van der Waals surface area contributed by atoms with Crippen molar-refractivity contribution in [2.24, 2.45) is 0 Å². The first-order valence-electron chi connectivity index (χ1n) is 9.63. The fraction of sp³-hybridized carbons (Fsp3) is 0.833. The molecule has 0 saturated carbocycles. The van der Waals surface area contributed by atoms with Crippen LogP contribution < -0.4 is 79.5 Å². The summed E-state index contributed by atoms with van der Waals surface area (Å²) >= 11 is 0. The van der Waals surface area contributed by atoms with Crippen molar-refractivity contribution in [3.05, 3.63) is 12.2 Å². The van der Waals surface area contributed by atoms with Gasteiger partial charge < -0.3 is 25.0 Å². The Kier molecular flexibility index (Phi) is 28.5. The number of hydrogen-bond acceptors (Lipinski definition) is 4. The molecule has 0 unspecified atom stereocenters. The maximum atomic E-state index is 11.5. The smallest absolute Gasteiger partial charge is 0.811 e. The normalized spacial score (nSPS) is 10.9. The summed E-state index contributed by atoms with van der Waals surface area (Å²) in [6, 6.07) is -0.0723. The summed E-state index contributed by atoms with van der Waals surface area (Å²) in [6.45, 7) is 3.59. The van der Waals surface area contributed by atoms with E-state index in [9.17, 15) is 19.1 Å². The van der Waals surface area contributed by atoms with Gasteiger partial charge in [0.1, 0.15) is 0 Å². The first-order valence-corrected chi connectivity index (χ1v) is 11.4. The van der Waals surface area contributed by atoms with E-state index >= 15 is 0 Å². The molecular formula is C18H35N2Na2O4P. The van der Waals surface area contributed by atoms with E-state index in [1.807, 2.05) is 0 Å². The number of unbranched alkanes of at least 4 members (excludes halogenated alkanes) is 8. The van der Waals surface area contributed by atoms with Crippen LogP contribution in [0.4, 0.5) is 4.79 Å². The fourth-order valence-corrected chi connectivity index (χ4v) is 3.00. The molecule has 27 heavy (non-hydrogen) atoms. The summed E-state index contributed by atoms with van der Waals surface area (Å²) in [7, 11) is -4.30. The van der Waals surface area contributed by atoms with Gasteiger partial charge in [0.25, 0.3) is 0 Å². The predicted octanol–water partition coefficient (Wildman–Crippen LogP) is -2.93. The van der Waals surface area contributed by atoms with Crippen molar-refractivity contribution in [3.63, 3.8) is 0 Å². The zero-order valence-corrected chi connectivity index (χ0v) is 22.5. The standard InChI is InChI=1S/C18H37N2O4P.2Na/c1-2-3-12-15-19-18(21)20-16-13-10-8-6-4-5-7-9-11-14-17-25(22,23)24;;/h4,6H,2-3,5,7-17H2,1H3,(H2,19,20,21)(H2,22,23,24);;/q;2*+1/p-2/b6-4-;;. The van der Waals surface area contributed by atoms with Gasteiger partial charge in [-0.25, -0.2) is 4.79 Å². The van der Waals surface area contributed by atoms with Gasteiger partial charge in [0, 0.05) is 13.1 Å². The van der Waals surface area contributed by atoms with E-state index in [0.29, 0.717) is 13.0 Å². The van der Waals surface area contributed by atoms with Gasteiger partial charge in [-0.2, -0.15) is 0 Å². The Morgan fingerprint density at radius 1 is 0.815 bits per heavy atom.